The summed E-state index contributed by atoms with van der Waals surface area (Å²) in [5.41, 5.74) is 0.540. The Balaban J connectivity index is 2.02. The van der Waals surface area contributed by atoms with Crippen LogP contribution in [-0.4, -0.2) is 34.8 Å². The van der Waals surface area contributed by atoms with Crippen molar-refractivity contribution >= 4 is 40.0 Å². The Labute approximate surface area is 137 Å². The Bertz CT molecular complexity index is 603. The molecule has 0 aliphatic rings. The molecule has 0 bridgehead atoms. The summed E-state index contributed by atoms with van der Waals surface area (Å²) in [5.74, 6) is 0.291. The fourth-order valence-electron chi connectivity index (χ4n) is 1.81. The van der Waals surface area contributed by atoms with E-state index in [1.54, 1.807) is 47.6 Å². The van der Waals surface area contributed by atoms with Crippen LogP contribution >= 0.6 is 23.1 Å². The first-order valence-corrected chi connectivity index (χ1v) is 9.03. The fourth-order valence-corrected chi connectivity index (χ4v) is 2.82. The lowest BCUT2D eigenvalue weighted by atomic mass is 10.1. The van der Waals surface area contributed by atoms with Crippen molar-refractivity contribution in [2.24, 2.45) is 0 Å². The van der Waals surface area contributed by atoms with E-state index in [0.29, 0.717) is 17.1 Å². The molecule has 0 saturated heterocycles. The fraction of sp³-hybridized carbons (Fsp3) is 0.267. The second-order valence-electron chi connectivity index (χ2n) is 4.50. The number of carbonyl (C=O) groups excluding carboxylic acids is 2. The number of rotatable bonds is 7. The van der Waals surface area contributed by atoms with E-state index in [1.165, 1.54) is 11.3 Å². The van der Waals surface area contributed by atoms with Gasteiger partial charge in [0.25, 0.3) is 5.91 Å². The van der Waals surface area contributed by atoms with Crippen molar-refractivity contribution in [1.82, 2.24) is 10.3 Å². The van der Waals surface area contributed by atoms with E-state index in [9.17, 15) is 9.59 Å². The van der Waals surface area contributed by atoms with Gasteiger partial charge in [-0.3, -0.25) is 9.59 Å². The zero-order valence-electron chi connectivity index (χ0n) is 12.1. The Morgan fingerprint density at radius 2 is 2.09 bits per heavy atom. The molecule has 1 aromatic carbocycles. The molecule has 5 nitrogen and oxygen atoms in total. The van der Waals surface area contributed by atoms with E-state index in [4.69, 9.17) is 0 Å². The number of hydrogen-bond acceptors (Lipinski definition) is 5. The molecular formula is C15H17N3O2S2. The van der Waals surface area contributed by atoms with Gasteiger partial charge in [0.1, 0.15) is 6.04 Å². The van der Waals surface area contributed by atoms with E-state index < -0.39 is 6.04 Å². The van der Waals surface area contributed by atoms with Crippen molar-refractivity contribution in [2.75, 3.05) is 17.3 Å². The van der Waals surface area contributed by atoms with Gasteiger partial charge in [-0.15, -0.1) is 11.3 Å². The minimum absolute atomic E-state index is 0.242. The molecule has 0 aliphatic carbocycles. The van der Waals surface area contributed by atoms with Crippen molar-refractivity contribution in [1.29, 1.82) is 0 Å². The molecule has 0 aliphatic heterocycles. The summed E-state index contributed by atoms with van der Waals surface area (Å²) in [7, 11) is 0. The lowest BCUT2D eigenvalue weighted by molar-refractivity contribution is -0.118. The number of aromatic nitrogens is 1. The highest BCUT2D eigenvalue weighted by Crippen LogP contribution is 2.12. The second kappa shape index (κ2) is 8.55. The third-order valence-electron chi connectivity index (χ3n) is 2.93. The molecule has 1 atom stereocenters. The van der Waals surface area contributed by atoms with Crippen LogP contribution in [0.25, 0.3) is 0 Å². The highest BCUT2D eigenvalue weighted by atomic mass is 32.2. The van der Waals surface area contributed by atoms with Crippen LogP contribution in [0.5, 0.6) is 0 Å². The highest BCUT2D eigenvalue weighted by molar-refractivity contribution is 7.98. The number of thioether (sulfide) groups is 1. The Kier molecular flexibility index (Phi) is 6.42. The number of carbonyl (C=O) groups is 2. The van der Waals surface area contributed by atoms with Gasteiger partial charge < -0.3 is 10.6 Å². The summed E-state index contributed by atoms with van der Waals surface area (Å²) >= 11 is 2.98. The monoisotopic (exact) mass is 335 g/mol. The standard InChI is InChI=1S/C15H17N3O2S2/c1-21-9-7-12(14(20)18-15-16-8-10-22-15)17-13(19)11-5-3-2-4-6-11/h2-6,8,10,12H,7,9H2,1H3,(H,17,19)(H,16,18,20). The van der Waals surface area contributed by atoms with Gasteiger partial charge in [0, 0.05) is 17.1 Å². The van der Waals surface area contributed by atoms with Gasteiger partial charge in [-0.25, -0.2) is 4.98 Å². The van der Waals surface area contributed by atoms with Crippen molar-refractivity contribution in [3.8, 4) is 0 Å². The van der Waals surface area contributed by atoms with Gasteiger partial charge in [0.05, 0.1) is 0 Å². The molecule has 116 valence electrons. The summed E-state index contributed by atoms with van der Waals surface area (Å²) in [6.07, 6.45) is 4.16. The van der Waals surface area contributed by atoms with Crippen LogP contribution in [0.1, 0.15) is 16.8 Å². The predicted octanol–water partition coefficient (Wildman–Crippen LogP) is 2.63. The topological polar surface area (TPSA) is 71.1 Å². The molecule has 2 amide bonds. The van der Waals surface area contributed by atoms with E-state index in [2.05, 4.69) is 15.6 Å². The van der Waals surface area contributed by atoms with Crippen LogP contribution in [-0.2, 0) is 4.79 Å². The molecular weight excluding hydrogens is 318 g/mol. The number of benzene rings is 1. The Morgan fingerprint density at radius 1 is 1.32 bits per heavy atom. The first-order chi connectivity index (χ1) is 10.7. The van der Waals surface area contributed by atoms with Crippen LogP contribution in [0.2, 0.25) is 0 Å². The molecule has 2 N–H and O–H groups in total. The number of nitrogens with zero attached hydrogens (tertiary/aromatic N) is 1. The molecule has 7 heteroatoms. The van der Waals surface area contributed by atoms with E-state index in [-0.39, 0.29) is 11.8 Å². The van der Waals surface area contributed by atoms with E-state index in [0.717, 1.165) is 5.75 Å². The van der Waals surface area contributed by atoms with Crippen molar-refractivity contribution in [2.45, 2.75) is 12.5 Å². The predicted molar refractivity (Wildman–Crippen MR) is 91.4 cm³/mol. The largest absolute Gasteiger partial charge is 0.340 e. The molecule has 0 saturated carbocycles. The third-order valence-corrected chi connectivity index (χ3v) is 4.26. The lowest BCUT2D eigenvalue weighted by Crippen LogP contribution is -2.44. The molecule has 2 aromatic rings. The van der Waals surface area contributed by atoms with Crippen LogP contribution < -0.4 is 10.6 Å². The quantitative estimate of drug-likeness (QED) is 0.816. The number of hydrogen-bond donors (Lipinski definition) is 2. The third kappa shape index (κ3) is 4.85. The molecule has 22 heavy (non-hydrogen) atoms. The summed E-state index contributed by atoms with van der Waals surface area (Å²) in [6, 6.07) is 8.29. The SMILES string of the molecule is CSCCC(NC(=O)c1ccccc1)C(=O)Nc1nccs1. The van der Waals surface area contributed by atoms with Gasteiger partial charge >= 0.3 is 0 Å². The zero-order chi connectivity index (χ0) is 15.8. The first-order valence-electron chi connectivity index (χ1n) is 6.76. The molecule has 0 fully saturated rings. The number of nitrogens with one attached hydrogen (secondary N) is 2. The molecule has 1 aromatic heterocycles. The molecule has 1 heterocycles. The number of thiazole rings is 1. The summed E-state index contributed by atoms with van der Waals surface area (Å²) in [5, 5.41) is 7.85. The second-order valence-corrected chi connectivity index (χ2v) is 6.38. The van der Waals surface area contributed by atoms with Crippen LogP contribution in [0, 0.1) is 0 Å². The maximum Gasteiger partial charge on any atom is 0.251 e. The Hall–Kier alpha value is -1.86. The summed E-state index contributed by atoms with van der Waals surface area (Å²) < 4.78 is 0. The molecule has 0 radical (unpaired) electrons. The minimum Gasteiger partial charge on any atom is -0.340 e. The molecule has 1 unspecified atom stereocenters. The average Bonchev–Trinajstić information content (AvgIpc) is 3.04. The summed E-state index contributed by atoms with van der Waals surface area (Å²) in [6.45, 7) is 0. The van der Waals surface area contributed by atoms with E-state index >= 15 is 0 Å². The number of anilines is 1. The van der Waals surface area contributed by atoms with Crippen molar-refractivity contribution < 1.29 is 9.59 Å². The van der Waals surface area contributed by atoms with Gasteiger partial charge in [-0.05, 0) is 30.6 Å². The van der Waals surface area contributed by atoms with Crippen molar-refractivity contribution in [3.63, 3.8) is 0 Å². The number of amides is 2. The Morgan fingerprint density at radius 3 is 2.73 bits per heavy atom. The van der Waals surface area contributed by atoms with Crippen LogP contribution in [0.15, 0.2) is 41.9 Å². The molecule has 0 spiro atoms. The van der Waals surface area contributed by atoms with E-state index in [1.807, 2.05) is 12.3 Å². The molecule has 2 rings (SSSR count). The van der Waals surface area contributed by atoms with Crippen LogP contribution in [0.3, 0.4) is 0 Å². The zero-order valence-corrected chi connectivity index (χ0v) is 13.7. The van der Waals surface area contributed by atoms with Gasteiger partial charge in [0.15, 0.2) is 5.13 Å². The van der Waals surface area contributed by atoms with Crippen molar-refractivity contribution in [3.05, 3.63) is 47.5 Å². The highest BCUT2D eigenvalue weighted by Gasteiger charge is 2.21. The first kappa shape index (κ1) is 16.5. The normalized spacial score (nSPS) is 11.7. The van der Waals surface area contributed by atoms with Gasteiger partial charge in [0.2, 0.25) is 5.91 Å². The van der Waals surface area contributed by atoms with Gasteiger partial charge in [-0.1, -0.05) is 18.2 Å². The summed E-state index contributed by atoms with van der Waals surface area (Å²) in [4.78, 5) is 28.6. The van der Waals surface area contributed by atoms with Gasteiger partial charge in [-0.2, -0.15) is 11.8 Å². The van der Waals surface area contributed by atoms with Crippen LogP contribution in [0.4, 0.5) is 5.13 Å². The lowest BCUT2D eigenvalue weighted by Gasteiger charge is -2.17. The minimum atomic E-state index is -0.580. The maximum atomic E-state index is 12.3. The average molecular weight is 335 g/mol. The smallest absolute Gasteiger partial charge is 0.251 e. The maximum absolute atomic E-state index is 12.3.